The first-order valence-electron chi connectivity index (χ1n) is 6.26. The molecule has 1 heterocycles. The smallest absolute Gasteiger partial charge is 0.161 e. The van der Waals surface area contributed by atoms with Gasteiger partial charge in [-0.15, -0.1) is 10.2 Å². The summed E-state index contributed by atoms with van der Waals surface area (Å²) in [6, 6.07) is 8.37. The number of aryl methyl sites for hydroxylation is 1. The first-order valence-corrected chi connectivity index (χ1v) is 7.07. The van der Waals surface area contributed by atoms with Gasteiger partial charge in [-0.1, -0.05) is 41.2 Å². The van der Waals surface area contributed by atoms with E-state index in [4.69, 9.17) is 11.1 Å². The Hall–Kier alpha value is -1.59. The molecule has 1 aromatic heterocycles. The van der Waals surface area contributed by atoms with Gasteiger partial charge in [-0.2, -0.15) is 0 Å². The van der Waals surface area contributed by atoms with Gasteiger partial charge >= 0.3 is 0 Å². The van der Waals surface area contributed by atoms with Crippen LogP contribution < -0.4 is 5.73 Å². The molecule has 5 heteroatoms. The molecule has 1 atom stereocenters. The van der Waals surface area contributed by atoms with Crippen LogP contribution in [0.15, 0.2) is 24.3 Å². The molecule has 0 aliphatic heterocycles. The van der Waals surface area contributed by atoms with Crippen molar-refractivity contribution < 1.29 is 0 Å². The van der Waals surface area contributed by atoms with Crippen molar-refractivity contribution in [3.05, 3.63) is 45.4 Å². The topological polar surface area (TPSA) is 75.7 Å². The van der Waals surface area contributed by atoms with Crippen LogP contribution in [-0.4, -0.2) is 22.0 Å². The number of hydrogen-bond donors (Lipinski definition) is 2. The maximum atomic E-state index is 7.91. The van der Waals surface area contributed by atoms with Gasteiger partial charge in [0, 0.05) is 18.9 Å². The van der Waals surface area contributed by atoms with Crippen molar-refractivity contribution in [2.75, 3.05) is 0 Å². The highest BCUT2D eigenvalue weighted by Gasteiger charge is 2.11. The number of hydrogen-bond acceptors (Lipinski definition) is 5. The second-order valence-corrected chi connectivity index (χ2v) is 5.89. The van der Waals surface area contributed by atoms with E-state index in [-0.39, 0.29) is 6.04 Å². The van der Waals surface area contributed by atoms with E-state index in [1.807, 2.05) is 6.92 Å². The second-order valence-electron chi connectivity index (χ2n) is 4.82. The van der Waals surface area contributed by atoms with Crippen molar-refractivity contribution in [3.63, 3.8) is 0 Å². The normalized spacial score (nSPS) is 12.4. The molecule has 0 saturated carbocycles. The van der Waals surface area contributed by atoms with E-state index in [1.54, 1.807) is 0 Å². The number of nitrogens with zero attached hydrogens (tertiary/aromatic N) is 2. The summed E-state index contributed by atoms with van der Waals surface area (Å²) in [5, 5.41) is 17.7. The Morgan fingerprint density at radius 3 is 2.63 bits per heavy atom. The molecule has 0 radical (unpaired) electrons. The van der Waals surface area contributed by atoms with Crippen LogP contribution in [0.5, 0.6) is 0 Å². The minimum Gasteiger partial charge on any atom is -0.328 e. The molecule has 2 aromatic rings. The molecule has 1 unspecified atom stereocenters. The van der Waals surface area contributed by atoms with Gasteiger partial charge in [0.2, 0.25) is 0 Å². The van der Waals surface area contributed by atoms with Crippen LogP contribution in [0.3, 0.4) is 0 Å². The van der Waals surface area contributed by atoms with E-state index in [0.717, 1.165) is 11.4 Å². The molecule has 4 nitrogen and oxygen atoms in total. The molecular formula is C14H18N4S. The molecule has 19 heavy (non-hydrogen) atoms. The number of benzene rings is 1. The van der Waals surface area contributed by atoms with Gasteiger partial charge in [-0.25, -0.2) is 0 Å². The summed E-state index contributed by atoms with van der Waals surface area (Å²) in [4.78, 5) is 0. The number of aromatic nitrogens is 2. The zero-order valence-corrected chi connectivity index (χ0v) is 12.0. The largest absolute Gasteiger partial charge is 0.328 e. The fourth-order valence-corrected chi connectivity index (χ4v) is 2.57. The molecule has 3 N–H and O–H groups in total. The van der Waals surface area contributed by atoms with Gasteiger partial charge in [0.1, 0.15) is 5.01 Å². The summed E-state index contributed by atoms with van der Waals surface area (Å²) >= 11 is 1.48. The van der Waals surface area contributed by atoms with Crippen LogP contribution in [0.25, 0.3) is 0 Å². The van der Waals surface area contributed by atoms with Crippen molar-refractivity contribution in [2.24, 2.45) is 5.73 Å². The van der Waals surface area contributed by atoms with Crippen LogP contribution >= 0.6 is 11.3 Å². The third kappa shape index (κ3) is 3.94. The molecule has 0 spiro atoms. The lowest BCUT2D eigenvalue weighted by molar-refractivity contribution is 0.775. The minimum atomic E-state index is -0.0167. The lowest BCUT2D eigenvalue weighted by atomic mass is 10.1. The Morgan fingerprint density at radius 1 is 1.32 bits per heavy atom. The third-order valence-electron chi connectivity index (χ3n) is 2.73. The molecule has 100 valence electrons. The molecule has 0 saturated heterocycles. The predicted octanol–water partition coefficient (Wildman–Crippen LogP) is 2.54. The van der Waals surface area contributed by atoms with Crippen molar-refractivity contribution in [2.45, 2.75) is 32.7 Å². The molecule has 0 amide bonds. The van der Waals surface area contributed by atoms with E-state index in [0.29, 0.717) is 17.1 Å². The van der Waals surface area contributed by atoms with Crippen LogP contribution in [0, 0.1) is 12.3 Å². The average Bonchev–Trinajstić information content (AvgIpc) is 2.80. The van der Waals surface area contributed by atoms with Gasteiger partial charge in [0.25, 0.3) is 0 Å². The van der Waals surface area contributed by atoms with Gasteiger partial charge in [-0.3, -0.25) is 0 Å². The fourth-order valence-electron chi connectivity index (χ4n) is 1.74. The van der Waals surface area contributed by atoms with E-state index in [9.17, 15) is 0 Å². The SMILES string of the molecule is Cc1ccc(Cc2nnc(C(=N)CC(C)N)s2)cc1. The van der Waals surface area contributed by atoms with Crippen LogP contribution in [0.4, 0.5) is 0 Å². The lowest BCUT2D eigenvalue weighted by Gasteiger charge is -2.02. The van der Waals surface area contributed by atoms with E-state index < -0.39 is 0 Å². The van der Waals surface area contributed by atoms with Crippen molar-refractivity contribution >= 4 is 17.0 Å². The molecule has 0 aliphatic rings. The van der Waals surface area contributed by atoms with Gasteiger partial charge in [-0.05, 0) is 19.4 Å². The first-order chi connectivity index (χ1) is 9.04. The molecule has 2 rings (SSSR count). The highest BCUT2D eigenvalue weighted by molar-refractivity contribution is 7.13. The van der Waals surface area contributed by atoms with E-state index >= 15 is 0 Å². The second kappa shape index (κ2) is 6.04. The van der Waals surface area contributed by atoms with Crippen molar-refractivity contribution in [1.29, 1.82) is 5.41 Å². The van der Waals surface area contributed by atoms with Gasteiger partial charge in [0.05, 0.1) is 5.71 Å². The molecule has 0 aliphatic carbocycles. The number of nitrogens with one attached hydrogen (secondary N) is 1. The van der Waals surface area contributed by atoms with Crippen LogP contribution in [0.2, 0.25) is 0 Å². The zero-order chi connectivity index (χ0) is 13.8. The highest BCUT2D eigenvalue weighted by Crippen LogP contribution is 2.16. The molecular weight excluding hydrogens is 256 g/mol. The van der Waals surface area contributed by atoms with E-state index in [1.165, 1.54) is 22.5 Å². The first kappa shape index (κ1) is 13.8. The maximum Gasteiger partial charge on any atom is 0.161 e. The maximum absolute atomic E-state index is 7.91. The summed E-state index contributed by atoms with van der Waals surface area (Å²) in [6.45, 7) is 3.96. The van der Waals surface area contributed by atoms with Crippen LogP contribution in [0.1, 0.15) is 34.5 Å². The fraction of sp³-hybridized carbons (Fsp3) is 0.357. The van der Waals surface area contributed by atoms with Gasteiger partial charge < -0.3 is 11.1 Å². The lowest BCUT2D eigenvalue weighted by Crippen LogP contribution is -2.19. The standard InChI is InChI=1S/C14H18N4S/c1-9-3-5-11(6-4-9)8-13-17-18-14(19-13)12(16)7-10(2)15/h3-6,10,16H,7-8,15H2,1-2H3. The summed E-state index contributed by atoms with van der Waals surface area (Å²) < 4.78 is 0. The third-order valence-corrected chi connectivity index (χ3v) is 3.71. The minimum absolute atomic E-state index is 0.0167. The van der Waals surface area contributed by atoms with Gasteiger partial charge in [0.15, 0.2) is 5.01 Å². The van der Waals surface area contributed by atoms with E-state index in [2.05, 4.69) is 41.4 Å². The summed E-state index contributed by atoms with van der Waals surface area (Å²) in [7, 11) is 0. The Morgan fingerprint density at radius 2 is 2.00 bits per heavy atom. The Balaban J connectivity index is 2.05. The highest BCUT2D eigenvalue weighted by atomic mass is 32.1. The quantitative estimate of drug-likeness (QED) is 0.823. The monoisotopic (exact) mass is 274 g/mol. The average molecular weight is 274 g/mol. The number of rotatable bonds is 5. The van der Waals surface area contributed by atoms with Crippen molar-refractivity contribution in [3.8, 4) is 0 Å². The van der Waals surface area contributed by atoms with Crippen LogP contribution in [-0.2, 0) is 6.42 Å². The summed E-state index contributed by atoms with van der Waals surface area (Å²) in [5.41, 5.74) is 8.63. The zero-order valence-electron chi connectivity index (χ0n) is 11.2. The summed E-state index contributed by atoms with van der Waals surface area (Å²) in [5.74, 6) is 0. The predicted molar refractivity (Wildman–Crippen MR) is 79.0 cm³/mol. The Bertz CT molecular complexity index is 557. The summed E-state index contributed by atoms with van der Waals surface area (Å²) in [6.07, 6.45) is 1.31. The molecule has 0 fully saturated rings. The Labute approximate surface area is 117 Å². The van der Waals surface area contributed by atoms with Crippen molar-refractivity contribution in [1.82, 2.24) is 10.2 Å². The molecule has 0 bridgehead atoms. The molecule has 1 aromatic carbocycles. The number of nitrogens with two attached hydrogens (primary N) is 1. The Kier molecular flexibility index (Phi) is 4.39.